The van der Waals surface area contributed by atoms with Crippen LogP contribution >= 0.6 is 11.6 Å². The number of amides is 1. The largest absolute Gasteiger partial charge is 0.481 e. The number of benzene rings is 1. The highest BCUT2D eigenvalue weighted by Gasteiger charge is 2.15. The fourth-order valence-electron chi connectivity index (χ4n) is 2.21. The number of hydrogen-bond acceptors (Lipinski definition) is 4. The summed E-state index contributed by atoms with van der Waals surface area (Å²) < 4.78 is 5.01. The summed E-state index contributed by atoms with van der Waals surface area (Å²) in [5.41, 5.74) is 2.84. The van der Waals surface area contributed by atoms with Gasteiger partial charge in [0.1, 0.15) is 0 Å². The van der Waals surface area contributed by atoms with Crippen LogP contribution in [0.2, 0.25) is 5.02 Å². The van der Waals surface area contributed by atoms with Crippen LogP contribution in [0.25, 0.3) is 11.3 Å². The fourth-order valence-corrected chi connectivity index (χ4v) is 2.33. The van der Waals surface area contributed by atoms with Crippen molar-refractivity contribution < 1.29 is 9.53 Å². The van der Waals surface area contributed by atoms with Crippen molar-refractivity contribution in [3.8, 4) is 17.1 Å². The molecule has 0 aliphatic heterocycles. The Balaban J connectivity index is 1.71. The highest BCUT2D eigenvalue weighted by molar-refractivity contribution is 6.30. The molecule has 1 amide bonds. The number of hydrogen-bond donors (Lipinski definition) is 2. The first-order valence-electron chi connectivity index (χ1n) is 7.24. The molecule has 0 aliphatic rings. The Bertz CT molecular complexity index is 829. The van der Waals surface area contributed by atoms with Gasteiger partial charge in [0.15, 0.2) is 0 Å². The molecule has 2 heterocycles. The zero-order chi connectivity index (χ0) is 16.9. The lowest BCUT2D eigenvalue weighted by atomic mass is 10.1. The molecule has 122 valence electrons. The first-order chi connectivity index (χ1) is 11.7. The average molecular weight is 343 g/mol. The van der Waals surface area contributed by atoms with Crippen molar-refractivity contribution in [2.24, 2.45) is 0 Å². The van der Waals surface area contributed by atoms with Gasteiger partial charge < -0.3 is 10.1 Å². The molecule has 6 nitrogen and oxygen atoms in total. The highest BCUT2D eigenvalue weighted by atomic mass is 35.5. The Morgan fingerprint density at radius 2 is 2.00 bits per heavy atom. The quantitative estimate of drug-likeness (QED) is 0.746. The number of carbonyl (C=O) groups excluding carboxylic acids is 1. The lowest BCUT2D eigenvalue weighted by molar-refractivity contribution is 0.0951. The zero-order valence-electron chi connectivity index (χ0n) is 12.9. The van der Waals surface area contributed by atoms with Gasteiger partial charge in [0, 0.05) is 29.4 Å². The van der Waals surface area contributed by atoms with Gasteiger partial charge in [-0.1, -0.05) is 29.8 Å². The van der Waals surface area contributed by atoms with Gasteiger partial charge in [-0.15, -0.1) is 0 Å². The predicted octanol–water partition coefficient (Wildman–Crippen LogP) is 3.06. The number of aromatic nitrogens is 3. The van der Waals surface area contributed by atoms with E-state index in [0.717, 1.165) is 11.1 Å². The molecule has 0 atom stereocenters. The van der Waals surface area contributed by atoms with Crippen LogP contribution in [0, 0.1) is 0 Å². The van der Waals surface area contributed by atoms with E-state index in [1.54, 1.807) is 31.5 Å². The van der Waals surface area contributed by atoms with E-state index in [2.05, 4.69) is 20.5 Å². The maximum absolute atomic E-state index is 12.4. The number of carbonyl (C=O) groups is 1. The molecule has 3 aromatic rings. The summed E-state index contributed by atoms with van der Waals surface area (Å²) in [5, 5.41) is 10.3. The van der Waals surface area contributed by atoms with E-state index in [-0.39, 0.29) is 5.91 Å². The van der Waals surface area contributed by atoms with Gasteiger partial charge in [0.25, 0.3) is 5.91 Å². The maximum atomic E-state index is 12.4. The number of rotatable bonds is 5. The summed E-state index contributed by atoms with van der Waals surface area (Å²) in [6, 6.07) is 10.8. The first kappa shape index (κ1) is 16.0. The number of pyridine rings is 1. The van der Waals surface area contributed by atoms with Crippen molar-refractivity contribution in [3.63, 3.8) is 0 Å². The van der Waals surface area contributed by atoms with Gasteiger partial charge in [-0.05, 0) is 17.7 Å². The fraction of sp³-hybridized carbons (Fsp3) is 0.118. The van der Waals surface area contributed by atoms with Crippen molar-refractivity contribution in [1.82, 2.24) is 20.5 Å². The van der Waals surface area contributed by atoms with Gasteiger partial charge in [-0.25, -0.2) is 4.98 Å². The lowest BCUT2D eigenvalue weighted by Gasteiger charge is -2.07. The van der Waals surface area contributed by atoms with Crippen molar-refractivity contribution in [2.75, 3.05) is 7.11 Å². The summed E-state index contributed by atoms with van der Waals surface area (Å²) in [4.78, 5) is 16.5. The van der Waals surface area contributed by atoms with Gasteiger partial charge in [-0.3, -0.25) is 9.89 Å². The van der Waals surface area contributed by atoms with E-state index >= 15 is 0 Å². The van der Waals surface area contributed by atoms with Gasteiger partial charge in [0.05, 0.1) is 24.6 Å². The maximum Gasteiger partial charge on any atom is 0.255 e. The first-order valence-corrected chi connectivity index (χ1v) is 7.61. The van der Waals surface area contributed by atoms with Crippen LogP contribution < -0.4 is 10.1 Å². The van der Waals surface area contributed by atoms with Crippen molar-refractivity contribution in [1.29, 1.82) is 0 Å². The molecule has 0 fully saturated rings. The van der Waals surface area contributed by atoms with Gasteiger partial charge in [0.2, 0.25) is 5.88 Å². The van der Waals surface area contributed by atoms with Crippen LogP contribution in [0.3, 0.4) is 0 Å². The Labute approximate surface area is 143 Å². The van der Waals surface area contributed by atoms with E-state index in [0.29, 0.717) is 28.7 Å². The normalized spacial score (nSPS) is 10.4. The standard InChI is InChI=1S/C17H15ClN4O2/c1-24-15-7-2-11(8-19-15)9-20-17(23)14-10-21-22-16(14)12-3-5-13(18)6-4-12/h2-8,10H,9H2,1H3,(H,20,23)(H,21,22). The predicted molar refractivity (Wildman–Crippen MR) is 91.0 cm³/mol. The number of ether oxygens (including phenoxy) is 1. The highest BCUT2D eigenvalue weighted by Crippen LogP contribution is 2.23. The Hall–Kier alpha value is -2.86. The third-order valence-electron chi connectivity index (χ3n) is 3.48. The molecule has 2 N–H and O–H groups in total. The van der Waals surface area contributed by atoms with Crippen LogP contribution in [0.1, 0.15) is 15.9 Å². The van der Waals surface area contributed by atoms with Crippen LogP contribution in [0.5, 0.6) is 5.88 Å². The van der Waals surface area contributed by atoms with E-state index < -0.39 is 0 Å². The summed E-state index contributed by atoms with van der Waals surface area (Å²) in [7, 11) is 1.56. The molecule has 1 aromatic carbocycles. The van der Waals surface area contributed by atoms with Crippen molar-refractivity contribution in [2.45, 2.75) is 6.54 Å². The number of halogens is 1. The van der Waals surface area contributed by atoms with Crippen molar-refractivity contribution >= 4 is 17.5 Å². The third kappa shape index (κ3) is 3.55. The van der Waals surface area contributed by atoms with Gasteiger partial charge in [-0.2, -0.15) is 5.10 Å². The summed E-state index contributed by atoms with van der Waals surface area (Å²) in [6.45, 7) is 0.362. The molecule has 0 saturated heterocycles. The number of nitrogens with one attached hydrogen (secondary N) is 2. The number of aromatic amines is 1. The molecular weight excluding hydrogens is 328 g/mol. The van der Waals surface area contributed by atoms with E-state index in [1.165, 1.54) is 6.20 Å². The Morgan fingerprint density at radius 3 is 2.67 bits per heavy atom. The molecule has 7 heteroatoms. The molecule has 3 rings (SSSR count). The average Bonchev–Trinajstić information content (AvgIpc) is 3.10. The summed E-state index contributed by atoms with van der Waals surface area (Å²) in [6.07, 6.45) is 3.17. The molecule has 0 aliphatic carbocycles. The van der Waals surface area contributed by atoms with Crippen LogP contribution in [-0.4, -0.2) is 28.2 Å². The second kappa shape index (κ2) is 7.14. The smallest absolute Gasteiger partial charge is 0.255 e. The van der Waals surface area contributed by atoms with Crippen LogP contribution in [-0.2, 0) is 6.54 Å². The second-order valence-corrected chi connectivity index (χ2v) is 5.49. The van der Waals surface area contributed by atoms with Crippen LogP contribution in [0.15, 0.2) is 48.8 Å². The van der Waals surface area contributed by atoms with Gasteiger partial charge >= 0.3 is 0 Å². The van der Waals surface area contributed by atoms with Crippen molar-refractivity contribution in [3.05, 3.63) is 64.9 Å². The molecular formula is C17H15ClN4O2. The minimum atomic E-state index is -0.218. The molecule has 24 heavy (non-hydrogen) atoms. The SMILES string of the molecule is COc1ccc(CNC(=O)c2cn[nH]c2-c2ccc(Cl)cc2)cn1. The minimum absolute atomic E-state index is 0.218. The minimum Gasteiger partial charge on any atom is -0.481 e. The molecule has 0 radical (unpaired) electrons. The van der Waals surface area contributed by atoms with E-state index in [1.807, 2.05) is 18.2 Å². The third-order valence-corrected chi connectivity index (χ3v) is 3.73. The Kier molecular flexibility index (Phi) is 4.77. The monoisotopic (exact) mass is 342 g/mol. The topological polar surface area (TPSA) is 79.9 Å². The molecule has 0 spiro atoms. The molecule has 0 bridgehead atoms. The number of H-pyrrole nitrogens is 1. The van der Waals surface area contributed by atoms with E-state index in [9.17, 15) is 4.79 Å². The zero-order valence-corrected chi connectivity index (χ0v) is 13.7. The number of methoxy groups -OCH3 is 1. The summed E-state index contributed by atoms with van der Waals surface area (Å²) >= 11 is 5.89. The Morgan fingerprint density at radius 1 is 1.21 bits per heavy atom. The summed E-state index contributed by atoms with van der Waals surface area (Å²) in [5.74, 6) is 0.314. The molecule has 2 aromatic heterocycles. The number of nitrogens with zero attached hydrogens (tertiary/aromatic N) is 2. The lowest BCUT2D eigenvalue weighted by Crippen LogP contribution is -2.23. The second-order valence-electron chi connectivity index (χ2n) is 5.06. The van der Waals surface area contributed by atoms with Crippen LogP contribution in [0.4, 0.5) is 0 Å². The molecule has 0 saturated carbocycles. The molecule has 0 unspecified atom stereocenters. The van der Waals surface area contributed by atoms with E-state index in [4.69, 9.17) is 16.3 Å².